The molecule has 0 aliphatic rings. The number of hydrogen-bond donors (Lipinski definition) is 2. The molecule has 0 saturated heterocycles. The van der Waals surface area contributed by atoms with Crippen LogP contribution in [0.3, 0.4) is 0 Å². The Morgan fingerprint density at radius 2 is 2.11 bits per heavy atom. The van der Waals surface area contributed by atoms with Gasteiger partial charge in [0, 0.05) is 23.6 Å². The van der Waals surface area contributed by atoms with Crippen molar-refractivity contribution >= 4 is 11.6 Å². The Bertz CT molecular complexity index is 388. The smallest absolute Gasteiger partial charge is 0.125 e. The van der Waals surface area contributed by atoms with E-state index in [-0.39, 0.29) is 0 Å². The van der Waals surface area contributed by atoms with E-state index in [0.29, 0.717) is 24.6 Å². The highest BCUT2D eigenvalue weighted by molar-refractivity contribution is 6.31. The van der Waals surface area contributed by atoms with Gasteiger partial charge in [-0.1, -0.05) is 24.6 Å². The van der Waals surface area contributed by atoms with Crippen LogP contribution in [0.25, 0.3) is 0 Å². The predicted molar refractivity (Wildman–Crippen MR) is 79.9 cm³/mol. The van der Waals surface area contributed by atoms with E-state index in [1.807, 2.05) is 18.2 Å². The van der Waals surface area contributed by atoms with Gasteiger partial charge in [0.05, 0.1) is 12.2 Å². The molecule has 0 fully saturated rings. The standard InChI is InChI=1S/C15H24ClNO2/c1-4-9-17-11-12-13(16)6-5-7-14(12)19-10-8-15(2,3)18/h5-7,17-18H,4,8-11H2,1-3H3. The van der Waals surface area contributed by atoms with Crippen molar-refractivity contribution in [3.05, 3.63) is 28.8 Å². The Morgan fingerprint density at radius 1 is 1.37 bits per heavy atom. The maximum absolute atomic E-state index is 9.67. The molecule has 0 spiro atoms. The highest BCUT2D eigenvalue weighted by Gasteiger charge is 2.13. The van der Waals surface area contributed by atoms with E-state index in [1.165, 1.54) is 0 Å². The van der Waals surface area contributed by atoms with Crippen LogP contribution in [0.5, 0.6) is 5.75 Å². The van der Waals surface area contributed by atoms with E-state index < -0.39 is 5.60 Å². The largest absolute Gasteiger partial charge is 0.493 e. The summed E-state index contributed by atoms with van der Waals surface area (Å²) in [5.41, 5.74) is 0.271. The minimum absolute atomic E-state index is 0.477. The van der Waals surface area contributed by atoms with Crippen molar-refractivity contribution in [1.82, 2.24) is 5.32 Å². The van der Waals surface area contributed by atoms with Crippen molar-refractivity contribution in [2.75, 3.05) is 13.2 Å². The van der Waals surface area contributed by atoms with Crippen molar-refractivity contribution in [2.24, 2.45) is 0 Å². The average Bonchev–Trinajstić information content (AvgIpc) is 2.31. The van der Waals surface area contributed by atoms with Crippen LogP contribution in [0.2, 0.25) is 5.02 Å². The maximum atomic E-state index is 9.67. The Hall–Kier alpha value is -0.770. The van der Waals surface area contributed by atoms with Crippen LogP contribution in [-0.4, -0.2) is 23.9 Å². The number of hydrogen-bond acceptors (Lipinski definition) is 3. The van der Waals surface area contributed by atoms with Crippen molar-refractivity contribution in [1.29, 1.82) is 0 Å². The molecule has 0 heterocycles. The molecule has 0 amide bonds. The number of benzene rings is 1. The van der Waals surface area contributed by atoms with Gasteiger partial charge in [-0.15, -0.1) is 0 Å². The third kappa shape index (κ3) is 6.28. The van der Waals surface area contributed by atoms with E-state index in [9.17, 15) is 5.11 Å². The summed E-state index contributed by atoms with van der Waals surface area (Å²) in [5, 5.41) is 13.7. The summed E-state index contributed by atoms with van der Waals surface area (Å²) in [6.07, 6.45) is 1.67. The van der Waals surface area contributed by atoms with Crippen LogP contribution in [0, 0.1) is 0 Å². The summed E-state index contributed by atoms with van der Waals surface area (Å²) >= 11 is 6.21. The number of rotatable bonds is 8. The number of ether oxygens (including phenoxy) is 1. The molecule has 0 aliphatic heterocycles. The zero-order valence-corrected chi connectivity index (χ0v) is 12.8. The van der Waals surface area contributed by atoms with Crippen LogP contribution in [-0.2, 0) is 6.54 Å². The monoisotopic (exact) mass is 285 g/mol. The molecule has 0 aliphatic carbocycles. The summed E-state index contributed by atoms with van der Waals surface area (Å²) in [6.45, 7) is 7.81. The van der Waals surface area contributed by atoms with Crippen LogP contribution >= 0.6 is 11.6 Å². The number of aliphatic hydroxyl groups is 1. The lowest BCUT2D eigenvalue weighted by Gasteiger charge is -2.18. The van der Waals surface area contributed by atoms with E-state index in [4.69, 9.17) is 16.3 Å². The summed E-state index contributed by atoms with van der Waals surface area (Å²) in [7, 11) is 0. The second-order valence-electron chi connectivity index (χ2n) is 5.30. The summed E-state index contributed by atoms with van der Waals surface area (Å²) in [4.78, 5) is 0. The Balaban J connectivity index is 2.63. The fourth-order valence-electron chi connectivity index (χ4n) is 1.65. The first kappa shape index (κ1) is 16.3. The minimum Gasteiger partial charge on any atom is -0.493 e. The molecule has 2 N–H and O–H groups in total. The molecule has 19 heavy (non-hydrogen) atoms. The Kier molecular flexibility index (Phi) is 6.63. The quantitative estimate of drug-likeness (QED) is 0.720. The van der Waals surface area contributed by atoms with Crippen molar-refractivity contribution in [3.8, 4) is 5.75 Å². The molecular formula is C15H24ClNO2. The van der Waals surface area contributed by atoms with Gasteiger partial charge >= 0.3 is 0 Å². The molecular weight excluding hydrogens is 262 g/mol. The van der Waals surface area contributed by atoms with Gasteiger partial charge in [0.1, 0.15) is 5.75 Å². The molecule has 108 valence electrons. The highest BCUT2D eigenvalue weighted by Crippen LogP contribution is 2.26. The van der Waals surface area contributed by atoms with Gasteiger partial charge in [-0.3, -0.25) is 0 Å². The molecule has 3 nitrogen and oxygen atoms in total. The average molecular weight is 286 g/mol. The fourth-order valence-corrected chi connectivity index (χ4v) is 1.88. The summed E-state index contributed by atoms with van der Waals surface area (Å²) in [5.74, 6) is 0.792. The third-order valence-electron chi connectivity index (χ3n) is 2.78. The van der Waals surface area contributed by atoms with E-state index >= 15 is 0 Å². The van der Waals surface area contributed by atoms with Crippen molar-refractivity contribution in [2.45, 2.75) is 45.8 Å². The molecule has 0 atom stereocenters. The fraction of sp³-hybridized carbons (Fsp3) is 0.600. The first-order valence-corrected chi connectivity index (χ1v) is 7.15. The summed E-state index contributed by atoms with van der Waals surface area (Å²) < 4.78 is 5.74. The van der Waals surface area contributed by atoms with Crippen LogP contribution in [0.1, 0.15) is 39.2 Å². The molecule has 0 radical (unpaired) electrons. The van der Waals surface area contributed by atoms with Gasteiger partial charge in [-0.25, -0.2) is 0 Å². The van der Waals surface area contributed by atoms with Gasteiger partial charge in [-0.2, -0.15) is 0 Å². The lowest BCUT2D eigenvalue weighted by molar-refractivity contribution is 0.0552. The SMILES string of the molecule is CCCNCc1c(Cl)cccc1OCCC(C)(C)O. The van der Waals surface area contributed by atoms with E-state index in [2.05, 4.69) is 12.2 Å². The van der Waals surface area contributed by atoms with Gasteiger partial charge in [0.25, 0.3) is 0 Å². The first-order valence-electron chi connectivity index (χ1n) is 6.77. The molecule has 1 aromatic carbocycles. The van der Waals surface area contributed by atoms with Crippen molar-refractivity contribution in [3.63, 3.8) is 0 Å². The number of nitrogens with one attached hydrogen (secondary N) is 1. The van der Waals surface area contributed by atoms with E-state index in [0.717, 1.165) is 24.3 Å². The Morgan fingerprint density at radius 3 is 2.74 bits per heavy atom. The van der Waals surface area contributed by atoms with Gasteiger partial charge in [0.2, 0.25) is 0 Å². The predicted octanol–water partition coefficient (Wildman–Crippen LogP) is 3.38. The minimum atomic E-state index is -0.709. The molecule has 0 bridgehead atoms. The van der Waals surface area contributed by atoms with Gasteiger partial charge in [0.15, 0.2) is 0 Å². The third-order valence-corrected chi connectivity index (χ3v) is 3.13. The maximum Gasteiger partial charge on any atom is 0.125 e. The van der Waals surface area contributed by atoms with Crippen molar-refractivity contribution < 1.29 is 9.84 Å². The highest BCUT2D eigenvalue weighted by atomic mass is 35.5. The topological polar surface area (TPSA) is 41.5 Å². The summed E-state index contributed by atoms with van der Waals surface area (Å²) in [6, 6.07) is 5.66. The molecule has 1 rings (SSSR count). The normalized spacial score (nSPS) is 11.6. The first-order chi connectivity index (χ1) is 8.94. The van der Waals surface area contributed by atoms with Gasteiger partial charge in [-0.05, 0) is 38.9 Å². The van der Waals surface area contributed by atoms with Crippen LogP contribution in [0.4, 0.5) is 0 Å². The Labute approximate surface area is 120 Å². The zero-order valence-electron chi connectivity index (χ0n) is 12.0. The van der Waals surface area contributed by atoms with Crippen LogP contribution < -0.4 is 10.1 Å². The molecule has 0 unspecified atom stereocenters. The lowest BCUT2D eigenvalue weighted by atomic mass is 10.1. The zero-order chi connectivity index (χ0) is 14.3. The number of halogens is 1. The van der Waals surface area contributed by atoms with Gasteiger partial charge < -0.3 is 15.2 Å². The lowest BCUT2D eigenvalue weighted by Crippen LogP contribution is -2.22. The molecule has 0 saturated carbocycles. The molecule has 4 heteroatoms. The molecule has 1 aromatic rings. The second kappa shape index (κ2) is 7.73. The van der Waals surface area contributed by atoms with Crippen LogP contribution in [0.15, 0.2) is 18.2 Å². The van der Waals surface area contributed by atoms with E-state index in [1.54, 1.807) is 13.8 Å². The molecule has 0 aromatic heterocycles. The second-order valence-corrected chi connectivity index (χ2v) is 5.71.